The molecule has 0 radical (unpaired) electrons. The van der Waals surface area contributed by atoms with Gasteiger partial charge in [0.05, 0.1) is 6.20 Å². The monoisotopic (exact) mass is 159 g/mol. The molecule has 0 fully saturated rings. The van der Waals surface area contributed by atoms with Crippen LogP contribution in [0.1, 0.15) is 11.1 Å². The zero-order valence-corrected chi connectivity index (χ0v) is 6.60. The van der Waals surface area contributed by atoms with Crippen molar-refractivity contribution in [2.24, 2.45) is 4.99 Å². The van der Waals surface area contributed by atoms with Gasteiger partial charge in [0, 0.05) is 6.21 Å². The van der Waals surface area contributed by atoms with Crippen molar-refractivity contribution in [3.63, 3.8) is 0 Å². The third-order valence-electron chi connectivity index (χ3n) is 1.75. The van der Waals surface area contributed by atoms with Crippen molar-refractivity contribution in [1.29, 1.82) is 0 Å². The molecule has 0 spiro atoms. The first kappa shape index (κ1) is 7.10. The molecule has 1 aromatic carbocycles. The van der Waals surface area contributed by atoms with E-state index in [1.54, 1.807) is 12.5 Å². The molecule has 1 heterocycles. The van der Waals surface area contributed by atoms with Gasteiger partial charge in [0.25, 0.3) is 0 Å². The van der Waals surface area contributed by atoms with Gasteiger partial charge in [-0.1, -0.05) is 24.3 Å². The van der Waals surface area contributed by atoms with Crippen LogP contribution in [0.3, 0.4) is 0 Å². The Labute approximate surface area is 71.2 Å². The van der Waals surface area contributed by atoms with E-state index in [1.165, 1.54) is 5.56 Å². The number of hydrogen-bond acceptors (Lipinski definition) is 2. The summed E-state index contributed by atoms with van der Waals surface area (Å²) in [5.41, 5.74) is 2.30. The molecule has 0 amide bonds. The van der Waals surface area contributed by atoms with Gasteiger partial charge in [-0.25, -0.2) is 0 Å². The highest BCUT2D eigenvalue weighted by Crippen LogP contribution is 2.09. The lowest BCUT2D eigenvalue weighted by Gasteiger charge is -2.06. The smallest absolute Gasteiger partial charge is 0.113 e. The lowest BCUT2D eigenvalue weighted by molar-refractivity contribution is 0.235. The summed E-state index contributed by atoms with van der Waals surface area (Å²) in [4.78, 5) is 4.04. The number of hydrogen-bond donors (Lipinski definition) is 0. The zero-order chi connectivity index (χ0) is 8.23. The van der Waals surface area contributed by atoms with E-state index in [0.29, 0.717) is 6.61 Å². The van der Waals surface area contributed by atoms with Crippen molar-refractivity contribution < 1.29 is 4.74 Å². The maximum absolute atomic E-state index is 5.21. The van der Waals surface area contributed by atoms with Gasteiger partial charge >= 0.3 is 0 Å². The summed E-state index contributed by atoms with van der Waals surface area (Å²) in [5, 5.41) is 0. The van der Waals surface area contributed by atoms with E-state index in [4.69, 9.17) is 4.74 Å². The summed E-state index contributed by atoms with van der Waals surface area (Å²) in [6, 6.07) is 8.07. The highest BCUT2D eigenvalue weighted by molar-refractivity contribution is 5.82. The molecular formula is C10H9NO. The van der Waals surface area contributed by atoms with Crippen LogP contribution in [-0.4, -0.2) is 6.21 Å². The van der Waals surface area contributed by atoms with Gasteiger partial charge in [-0.2, -0.15) is 0 Å². The fourth-order valence-corrected chi connectivity index (χ4v) is 1.13. The first-order valence-electron chi connectivity index (χ1n) is 3.84. The zero-order valence-electron chi connectivity index (χ0n) is 6.60. The van der Waals surface area contributed by atoms with Crippen LogP contribution in [0.4, 0.5) is 0 Å². The molecule has 0 bridgehead atoms. The fourth-order valence-electron chi connectivity index (χ4n) is 1.13. The van der Waals surface area contributed by atoms with E-state index >= 15 is 0 Å². The van der Waals surface area contributed by atoms with Gasteiger partial charge in [0.2, 0.25) is 0 Å². The number of nitrogens with zero attached hydrogens (tertiary/aromatic N) is 1. The topological polar surface area (TPSA) is 21.6 Å². The van der Waals surface area contributed by atoms with E-state index in [-0.39, 0.29) is 0 Å². The van der Waals surface area contributed by atoms with Crippen LogP contribution in [-0.2, 0) is 11.3 Å². The van der Waals surface area contributed by atoms with Crippen LogP contribution in [0, 0.1) is 0 Å². The summed E-state index contributed by atoms with van der Waals surface area (Å²) in [6.45, 7) is 0.624. The second kappa shape index (κ2) is 3.22. The van der Waals surface area contributed by atoms with Crippen molar-refractivity contribution in [1.82, 2.24) is 0 Å². The summed E-state index contributed by atoms with van der Waals surface area (Å²) in [6.07, 6.45) is 5.09. The van der Waals surface area contributed by atoms with Gasteiger partial charge < -0.3 is 4.74 Å². The van der Waals surface area contributed by atoms with Crippen LogP contribution in [0.2, 0.25) is 0 Å². The molecule has 0 saturated heterocycles. The van der Waals surface area contributed by atoms with Crippen molar-refractivity contribution in [3.8, 4) is 0 Å². The van der Waals surface area contributed by atoms with E-state index in [9.17, 15) is 0 Å². The van der Waals surface area contributed by atoms with E-state index < -0.39 is 0 Å². The van der Waals surface area contributed by atoms with Crippen LogP contribution >= 0.6 is 0 Å². The molecule has 0 unspecified atom stereocenters. The van der Waals surface area contributed by atoms with E-state index in [1.807, 2.05) is 30.5 Å². The highest BCUT2D eigenvalue weighted by atomic mass is 16.5. The molecule has 2 rings (SSSR count). The lowest BCUT2D eigenvalue weighted by atomic mass is 10.1. The Morgan fingerprint density at radius 3 is 3.17 bits per heavy atom. The second-order valence-corrected chi connectivity index (χ2v) is 2.57. The molecular weight excluding hydrogens is 150 g/mol. The molecule has 2 heteroatoms. The molecule has 1 aliphatic rings. The number of fused-ring (bicyclic) bond motifs is 1. The summed E-state index contributed by atoms with van der Waals surface area (Å²) < 4.78 is 5.21. The average molecular weight is 159 g/mol. The second-order valence-electron chi connectivity index (χ2n) is 2.57. The average Bonchev–Trinajstić information content (AvgIpc) is 2.06. The minimum Gasteiger partial charge on any atom is -0.495 e. The standard InChI is InChI=1S/C10H9NO/c1-2-4-10-8-12-6-5-11-7-9(10)3-1/h1-7H,8H2. The molecule has 1 aromatic rings. The van der Waals surface area contributed by atoms with Gasteiger partial charge in [-0.15, -0.1) is 0 Å². The Bertz CT molecular complexity index is 328. The van der Waals surface area contributed by atoms with Crippen LogP contribution < -0.4 is 0 Å². The predicted octanol–water partition coefficient (Wildman–Crippen LogP) is 2.11. The summed E-state index contributed by atoms with van der Waals surface area (Å²) in [5.74, 6) is 0. The first-order valence-corrected chi connectivity index (χ1v) is 3.84. The largest absolute Gasteiger partial charge is 0.495 e. The molecule has 12 heavy (non-hydrogen) atoms. The number of benzene rings is 1. The Morgan fingerprint density at radius 2 is 2.17 bits per heavy atom. The summed E-state index contributed by atoms with van der Waals surface area (Å²) >= 11 is 0. The summed E-state index contributed by atoms with van der Waals surface area (Å²) in [7, 11) is 0. The SMILES string of the molecule is C1=COCc2ccccc2C=N1. The van der Waals surface area contributed by atoms with Gasteiger partial charge in [-0.3, -0.25) is 4.99 Å². The maximum Gasteiger partial charge on any atom is 0.113 e. The van der Waals surface area contributed by atoms with Gasteiger partial charge in [0.15, 0.2) is 0 Å². The third kappa shape index (κ3) is 1.37. The molecule has 1 aliphatic heterocycles. The normalized spacial score (nSPS) is 14.3. The molecule has 0 atom stereocenters. The van der Waals surface area contributed by atoms with Crippen molar-refractivity contribution in [3.05, 3.63) is 47.9 Å². The van der Waals surface area contributed by atoms with Crippen molar-refractivity contribution in [2.75, 3.05) is 0 Å². The number of rotatable bonds is 0. The molecule has 0 saturated carbocycles. The Kier molecular flexibility index (Phi) is 1.90. The molecule has 2 nitrogen and oxygen atoms in total. The van der Waals surface area contributed by atoms with E-state index in [0.717, 1.165) is 5.56 Å². The molecule has 0 aliphatic carbocycles. The lowest BCUT2D eigenvalue weighted by Crippen LogP contribution is -1.95. The Morgan fingerprint density at radius 1 is 1.25 bits per heavy atom. The first-order chi connectivity index (χ1) is 5.97. The van der Waals surface area contributed by atoms with Crippen LogP contribution in [0.25, 0.3) is 0 Å². The molecule has 0 aromatic heterocycles. The highest BCUT2D eigenvalue weighted by Gasteiger charge is 1.99. The number of aliphatic imine (C=N–C) groups is 1. The predicted molar refractivity (Wildman–Crippen MR) is 48.0 cm³/mol. The van der Waals surface area contributed by atoms with Gasteiger partial charge in [0.1, 0.15) is 12.9 Å². The number of ether oxygens (including phenoxy) is 1. The Balaban J connectivity index is 2.43. The van der Waals surface area contributed by atoms with E-state index in [2.05, 4.69) is 4.99 Å². The van der Waals surface area contributed by atoms with Crippen molar-refractivity contribution in [2.45, 2.75) is 6.61 Å². The Hall–Kier alpha value is -1.57. The molecule has 0 N–H and O–H groups in total. The third-order valence-corrected chi connectivity index (χ3v) is 1.75. The van der Waals surface area contributed by atoms with Crippen LogP contribution in [0.5, 0.6) is 0 Å². The van der Waals surface area contributed by atoms with Crippen LogP contribution in [0.15, 0.2) is 41.7 Å². The fraction of sp³-hybridized carbons (Fsp3) is 0.100. The molecule has 60 valence electrons. The minimum absolute atomic E-state index is 0.624. The minimum atomic E-state index is 0.624. The maximum atomic E-state index is 5.21. The quantitative estimate of drug-likeness (QED) is 0.568. The van der Waals surface area contributed by atoms with Crippen molar-refractivity contribution >= 4 is 6.21 Å². The van der Waals surface area contributed by atoms with Gasteiger partial charge in [-0.05, 0) is 11.1 Å².